The molecule has 12 heteroatoms. The van der Waals surface area contributed by atoms with E-state index in [9.17, 15) is 13.2 Å². The number of carboxylic acids is 1. The van der Waals surface area contributed by atoms with Gasteiger partial charge in [0.25, 0.3) is 15.9 Å². The molecular weight excluding hydrogens is 492 g/mol. The van der Waals surface area contributed by atoms with Gasteiger partial charge in [-0.2, -0.15) is 0 Å². The van der Waals surface area contributed by atoms with Gasteiger partial charge in [-0.05, 0) is 44.4 Å². The Kier molecular flexibility index (Phi) is 7.60. The normalized spacial score (nSPS) is 15.5. The first-order valence-electron chi connectivity index (χ1n) is 11.4. The van der Waals surface area contributed by atoms with Crippen molar-refractivity contribution in [3.8, 4) is 11.6 Å². The van der Waals surface area contributed by atoms with Gasteiger partial charge in [0, 0.05) is 37.2 Å². The van der Waals surface area contributed by atoms with Crippen LogP contribution in [0, 0.1) is 0 Å². The molecule has 10 nitrogen and oxygen atoms in total. The van der Waals surface area contributed by atoms with E-state index in [0.717, 1.165) is 17.0 Å². The summed E-state index contributed by atoms with van der Waals surface area (Å²) in [7, 11) is -4.08. The molecule has 3 aromatic rings. The van der Waals surface area contributed by atoms with E-state index in [1.165, 1.54) is 15.2 Å². The second kappa shape index (κ2) is 10.6. The van der Waals surface area contributed by atoms with Crippen LogP contribution in [-0.2, 0) is 34.2 Å². The van der Waals surface area contributed by atoms with Gasteiger partial charge >= 0.3 is 5.97 Å². The zero-order chi connectivity index (χ0) is 25.0. The molecule has 0 fully saturated rings. The van der Waals surface area contributed by atoms with Crippen molar-refractivity contribution in [2.24, 2.45) is 0 Å². The zero-order valence-corrected chi connectivity index (χ0v) is 21.2. The summed E-state index contributed by atoms with van der Waals surface area (Å²) >= 11 is 1.58. The molecule has 1 N–H and O–H groups in total. The predicted molar refractivity (Wildman–Crippen MR) is 131 cm³/mol. The Morgan fingerprint density at radius 3 is 2.83 bits per heavy atom. The number of carbonyl (C=O) groups is 1. The summed E-state index contributed by atoms with van der Waals surface area (Å²) in [5, 5.41) is 16.3. The van der Waals surface area contributed by atoms with E-state index in [1.807, 2.05) is 24.4 Å². The SMILES string of the molecule is CCOc1nn(CC)cc1S(=O)(=O)N1C[C@H](CCC(=O)O)Oc2ccc(CCc3nccs3)cc21. The van der Waals surface area contributed by atoms with Crippen LogP contribution in [0.25, 0.3) is 0 Å². The highest BCUT2D eigenvalue weighted by Gasteiger charge is 2.37. The Morgan fingerprint density at radius 2 is 2.14 bits per heavy atom. The Morgan fingerprint density at radius 1 is 1.31 bits per heavy atom. The lowest BCUT2D eigenvalue weighted by Crippen LogP contribution is -2.43. The highest BCUT2D eigenvalue weighted by Crippen LogP contribution is 2.40. The third kappa shape index (κ3) is 5.59. The average molecular weight is 521 g/mol. The van der Waals surface area contributed by atoms with Crippen LogP contribution in [0.3, 0.4) is 0 Å². The first kappa shape index (κ1) is 25.0. The molecule has 1 aliphatic rings. The summed E-state index contributed by atoms with van der Waals surface area (Å²) in [4.78, 5) is 15.4. The molecule has 1 aliphatic heterocycles. The van der Waals surface area contributed by atoms with Crippen LogP contribution in [0.2, 0.25) is 0 Å². The van der Waals surface area contributed by atoms with E-state index >= 15 is 0 Å². The van der Waals surface area contributed by atoms with Gasteiger partial charge in [0.05, 0.1) is 23.8 Å². The molecule has 0 bridgehead atoms. The number of fused-ring (bicyclic) bond motifs is 1. The Bertz CT molecular complexity index is 1270. The minimum Gasteiger partial charge on any atom is -0.486 e. The monoisotopic (exact) mass is 520 g/mol. The third-order valence-electron chi connectivity index (χ3n) is 5.62. The molecule has 2 aromatic heterocycles. The molecule has 4 rings (SSSR count). The van der Waals surface area contributed by atoms with Crippen LogP contribution in [0.4, 0.5) is 5.69 Å². The number of aromatic nitrogens is 3. The number of aliphatic carboxylic acids is 1. The van der Waals surface area contributed by atoms with E-state index in [4.69, 9.17) is 14.6 Å². The van der Waals surface area contributed by atoms with Crippen molar-refractivity contribution in [2.75, 3.05) is 17.5 Å². The van der Waals surface area contributed by atoms with Crippen molar-refractivity contribution >= 4 is 33.0 Å². The predicted octanol–water partition coefficient (Wildman–Crippen LogP) is 3.36. The number of hydrogen-bond donors (Lipinski definition) is 1. The van der Waals surface area contributed by atoms with Crippen molar-refractivity contribution in [3.05, 3.63) is 46.5 Å². The first-order valence-corrected chi connectivity index (χ1v) is 13.8. The summed E-state index contributed by atoms with van der Waals surface area (Å²) in [6, 6.07) is 5.47. The lowest BCUT2D eigenvalue weighted by atomic mass is 10.1. The lowest BCUT2D eigenvalue weighted by Gasteiger charge is -2.35. The molecule has 0 spiro atoms. The van der Waals surface area contributed by atoms with Gasteiger partial charge in [-0.1, -0.05) is 6.07 Å². The summed E-state index contributed by atoms with van der Waals surface area (Å²) < 4.78 is 42.2. The largest absolute Gasteiger partial charge is 0.486 e. The van der Waals surface area contributed by atoms with Gasteiger partial charge in [-0.25, -0.2) is 13.4 Å². The van der Waals surface area contributed by atoms with Crippen molar-refractivity contribution in [3.63, 3.8) is 0 Å². The molecule has 0 saturated heterocycles. The van der Waals surface area contributed by atoms with E-state index in [2.05, 4.69) is 10.1 Å². The molecule has 35 heavy (non-hydrogen) atoms. The number of anilines is 1. The van der Waals surface area contributed by atoms with E-state index in [-0.39, 0.29) is 36.8 Å². The Balaban J connectivity index is 1.71. The summed E-state index contributed by atoms with van der Waals surface area (Å²) in [5.41, 5.74) is 1.36. The maximum atomic E-state index is 13.9. The van der Waals surface area contributed by atoms with Crippen molar-refractivity contribution < 1.29 is 27.8 Å². The minimum absolute atomic E-state index is 0.0125. The average Bonchev–Trinajstić information content (AvgIpc) is 3.51. The van der Waals surface area contributed by atoms with Crippen LogP contribution < -0.4 is 13.8 Å². The van der Waals surface area contributed by atoms with Gasteiger partial charge in [-0.15, -0.1) is 16.4 Å². The topological polar surface area (TPSA) is 124 Å². The number of hydrogen-bond acceptors (Lipinski definition) is 8. The third-order valence-corrected chi connectivity index (χ3v) is 8.22. The van der Waals surface area contributed by atoms with Gasteiger partial charge < -0.3 is 14.6 Å². The van der Waals surface area contributed by atoms with E-state index in [0.29, 0.717) is 24.4 Å². The van der Waals surface area contributed by atoms with Crippen LogP contribution in [0.5, 0.6) is 11.6 Å². The minimum atomic E-state index is -4.08. The number of nitrogens with zero attached hydrogens (tertiary/aromatic N) is 4. The number of ether oxygens (including phenoxy) is 2. The smallest absolute Gasteiger partial charge is 0.303 e. The molecule has 1 aromatic carbocycles. The summed E-state index contributed by atoms with van der Waals surface area (Å²) in [5.74, 6) is -0.521. The van der Waals surface area contributed by atoms with Gasteiger partial charge in [0.1, 0.15) is 11.9 Å². The van der Waals surface area contributed by atoms with Crippen LogP contribution >= 0.6 is 11.3 Å². The maximum absolute atomic E-state index is 13.9. The number of sulfonamides is 1. The van der Waals surface area contributed by atoms with Gasteiger partial charge in [0.15, 0.2) is 4.90 Å². The lowest BCUT2D eigenvalue weighted by molar-refractivity contribution is -0.137. The summed E-state index contributed by atoms with van der Waals surface area (Å²) in [6.07, 6.45) is 4.10. The van der Waals surface area contributed by atoms with E-state index in [1.54, 1.807) is 30.5 Å². The number of aryl methyl sites for hydroxylation is 3. The second-order valence-electron chi connectivity index (χ2n) is 8.02. The fourth-order valence-electron chi connectivity index (χ4n) is 3.88. The fourth-order valence-corrected chi connectivity index (χ4v) is 6.08. The number of benzene rings is 1. The standard InChI is InChI=1S/C23H28N4O6S2/c1-3-26-15-20(23(25-26)32-4-2)35(30,31)27-14-17(7-10-22(28)29)33-19-8-5-16(13-18(19)27)6-9-21-24-11-12-34-21/h5,8,11-13,15,17H,3-4,6-7,9-10,14H2,1-2H3,(H,28,29)/t17-/m0/s1. The molecule has 0 saturated carbocycles. The molecule has 0 aliphatic carbocycles. The molecule has 3 heterocycles. The van der Waals surface area contributed by atoms with Crippen molar-refractivity contribution in [1.29, 1.82) is 0 Å². The van der Waals surface area contributed by atoms with Crippen LogP contribution in [0.1, 0.15) is 37.3 Å². The first-order chi connectivity index (χ1) is 16.8. The van der Waals surface area contributed by atoms with Crippen LogP contribution in [0.15, 0.2) is 40.9 Å². The summed E-state index contributed by atoms with van der Waals surface area (Å²) in [6.45, 7) is 4.37. The Labute approximate surface area is 208 Å². The molecule has 0 unspecified atom stereocenters. The van der Waals surface area contributed by atoms with Gasteiger partial charge in [-0.3, -0.25) is 13.8 Å². The second-order valence-corrected chi connectivity index (χ2v) is 10.8. The molecule has 1 atom stereocenters. The quantitative estimate of drug-likeness (QED) is 0.408. The number of thiazole rings is 1. The molecular formula is C23H28N4O6S2. The van der Waals surface area contributed by atoms with Crippen LogP contribution in [-0.4, -0.2) is 53.5 Å². The highest BCUT2D eigenvalue weighted by atomic mass is 32.2. The van der Waals surface area contributed by atoms with E-state index < -0.39 is 22.1 Å². The molecule has 0 amide bonds. The molecule has 0 radical (unpaired) electrons. The highest BCUT2D eigenvalue weighted by molar-refractivity contribution is 7.93. The number of carboxylic acid groups (broad SMARTS) is 1. The van der Waals surface area contributed by atoms with Crippen molar-refractivity contribution in [2.45, 2.75) is 57.1 Å². The zero-order valence-electron chi connectivity index (χ0n) is 19.6. The maximum Gasteiger partial charge on any atom is 0.303 e. The van der Waals surface area contributed by atoms with Gasteiger partial charge in [0.2, 0.25) is 0 Å². The fraction of sp³-hybridized carbons (Fsp3) is 0.435. The Hall–Kier alpha value is -3.12. The molecule has 188 valence electrons. The van der Waals surface area contributed by atoms with Crippen molar-refractivity contribution in [1.82, 2.24) is 14.8 Å². The number of rotatable bonds is 11.